The number of nitrogens with two attached hydrogens (primary N) is 1. The molecule has 0 aliphatic carbocycles. The van der Waals surface area contributed by atoms with E-state index >= 15 is 0 Å². The number of aliphatic hydroxyl groups is 1. The summed E-state index contributed by atoms with van der Waals surface area (Å²) in [6, 6.07) is 0. The molecule has 4 N–H and O–H groups in total. The van der Waals surface area contributed by atoms with Gasteiger partial charge in [-0.2, -0.15) is 0 Å². The summed E-state index contributed by atoms with van der Waals surface area (Å²) < 4.78 is 0. The summed E-state index contributed by atoms with van der Waals surface area (Å²) >= 11 is 0. The quantitative estimate of drug-likeness (QED) is 0.681. The monoisotopic (exact) mass is 252 g/mol. The molecule has 2 unspecified atom stereocenters. The Balaban J connectivity index is 0. The zero-order valence-corrected chi connectivity index (χ0v) is 11.4. The molecule has 0 rings (SSSR count). The largest absolute Gasteiger partial charge is 0.391 e. The summed E-state index contributed by atoms with van der Waals surface area (Å²) in [4.78, 5) is 11.3. The van der Waals surface area contributed by atoms with Crippen LogP contribution in [0.3, 0.4) is 0 Å². The summed E-state index contributed by atoms with van der Waals surface area (Å²) in [5.41, 5.74) is 5.43. The molecule has 0 spiro atoms. The van der Waals surface area contributed by atoms with Gasteiger partial charge in [-0.25, -0.2) is 0 Å². The number of hydrogen-bond acceptors (Lipinski definition) is 3. The molecule has 16 heavy (non-hydrogen) atoms. The van der Waals surface area contributed by atoms with E-state index in [2.05, 4.69) is 26.1 Å². The minimum Gasteiger partial charge on any atom is -0.391 e. The van der Waals surface area contributed by atoms with Crippen molar-refractivity contribution >= 4 is 18.3 Å². The molecule has 0 aliphatic rings. The van der Waals surface area contributed by atoms with Crippen molar-refractivity contribution < 1.29 is 9.90 Å². The number of rotatable bonds is 5. The first kappa shape index (κ1) is 18.1. The number of hydrogen-bond donors (Lipinski definition) is 3. The van der Waals surface area contributed by atoms with E-state index in [4.69, 9.17) is 5.73 Å². The predicted octanol–water partition coefficient (Wildman–Crippen LogP) is 0.916. The molecule has 0 aromatic rings. The summed E-state index contributed by atoms with van der Waals surface area (Å²) in [6.45, 7) is 8.58. The van der Waals surface area contributed by atoms with Gasteiger partial charge in [0.2, 0.25) is 5.91 Å². The molecule has 0 fully saturated rings. The highest BCUT2D eigenvalue weighted by atomic mass is 35.5. The topological polar surface area (TPSA) is 75.4 Å². The molecular weight excluding hydrogens is 228 g/mol. The van der Waals surface area contributed by atoms with E-state index in [0.29, 0.717) is 19.5 Å². The molecule has 0 aliphatic heterocycles. The highest BCUT2D eigenvalue weighted by Gasteiger charge is 2.18. The molecule has 0 radical (unpaired) electrons. The lowest BCUT2D eigenvalue weighted by Gasteiger charge is -2.22. The van der Waals surface area contributed by atoms with E-state index in [9.17, 15) is 9.90 Å². The van der Waals surface area contributed by atoms with E-state index in [-0.39, 0.29) is 29.6 Å². The third kappa shape index (κ3) is 8.95. The van der Waals surface area contributed by atoms with Gasteiger partial charge in [-0.3, -0.25) is 4.79 Å². The number of halogens is 1. The lowest BCUT2D eigenvalue weighted by Crippen LogP contribution is -2.38. The van der Waals surface area contributed by atoms with Crippen LogP contribution in [-0.4, -0.2) is 30.2 Å². The third-order valence-corrected chi connectivity index (χ3v) is 2.16. The van der Waals surface area contributed by atoms with E-state index in [1.807, 2.05) is 0 Å². The average molecular weight is 253 g/mol. The molecule has 0 saturated heterocycles. The fraction of sp³-hybridized carbons (Fsp3) is 0.909. The zero-order chi connectivity index (χ0) is 12.1. The van der Waals surface area contributed by atoms with Crippen LogP contribution in [0.2, 0.25) is 0 Å². The first-order valence-corrected chi connectivity index (χ1v) is 5.42. The number of aliphatic hydroxyl groups excluding tert-OH is 1. The fourth-order valence-electron chi connectivity index (χ4n) is 1.28. The standard InChI is InChI=1S/C11H24N2O2.ClH/c1-8(6-12)10(15)13-7-9(14)5-11(2,3)4;/h8-9,14H,5-7,12H2,1-4H3,(H,13,15);1H. The smallest absolute Gasteiger partial charge is 0.224 e. The van der Waals surface area contributed by atoms with Crippen LogP contribution in [0.25, 0.3) is 0 Å². The Labute approximate surface area is 104 Å². The van der Waals surface area contributed by atoms with E-state index in [1.54, 1.807) is 6.92 Å². The Kier molecular flexibility index (Phi) is 8.88. The summed E-state index contributed by atoms with van der Waals surface area (Å²) in [7, 11) is 0. The predicted molar refractivity (Wildman–Crippen MR) is 68.6 cm³/mol. The summed E-state index contributed by atoms with van der Waals surface area (Å²) in [6.07, 6.45) is 0.184. The minimum atomic E-state index is -0.487. The second kappa shape index (κ2) is 7.87. The molecule has 2 atom stereocenters. The van der Waals surface area contributed by atoms with Crippen LogP contribution in [0, 0.1) is 11.3 Å². The number of nitrogens with one attached hydrogen (secondary N) is 1. The van der Waals surface area contributed by atoms with E-state index in [0.717, 1.165) is 0 Å². The number of carbonyl (C=O) groups excluding carboxylic acids is 1. The van der Waals surface area contributed by atoms with Crippen LogP contribution in [0.1, 0.15) is 34.1 Å². The van der Waals surface area contributed by atoms with Gasteiger partial charge >= 0.3 is 0 Å². The molecule has 0 bridgehead atoms. The van der Waals surface area contributed by atoms with Gasteiger partial charge < -0.3 is 16.2 Å². The second-order valence-corrected chi connectivity index (χ2v) is 5.30. The van der Waals surface area contributed by atoms with Crippen molar-refractivity contribution in [2.45, 2.75) is 40.2 Å². The van der Waals surface area contributed by atoms with Crippen molar-refractivity contribution in [2.24, 2.45) is 17.1 Å². The highest BCUT2D eigenvalue weighted by Crippen LogP contribution is 2.20. The summed E-state index contributed by atoms with van der Waals surface area (Å²) in [5.74, 6) is -0.280. The van der Waals surface area contributed by atoms with E-state index in [1.165, 1.54) is 0 Å². The lowest BCUT2D eigenvalue weighted by atomic mass is 9.89. The van der Waals surface area contributed by atoms with E-state index < -0.39 is 6.10 Å². The second-order valence-electron chi connectivity index (χ2n) is 5.30. The fourth-order valence-corrected chi connectivity index (χ4v) is 1.28. The number of amides is 1. The maximum atomic E-state index is 11.3. The highest BCUT2D eigenvalue weighted by molar-refractivity contribution is 5.85. The van der Waals surface area contributed by atoms with Crippen LogP contribution >= 0.6 is 12.4 Å². The van der Waals surface area contributed by atoms with Crippen LogP contribution < -0.4 is 11.1 Å². The van der Waals surface area contributed by atoms with Gasteiger partial charge in [0.25, 0.3) is 0 Å². The van der Waals surface area contributed by atoms with Crippen LogP contribution in [-0.2, 0) is 4.79 Å². The molecule has 0 heterocycles. The maximum absolute atomic E-state index is 11.3. The van der Waals surface area contributed by atoms with Gasteiger partial charge in [-0.1, -0.05) is 27.7 Å². The Hall–Kier alpha value is -0.320. The van der Waals surface area contributed by atoms with Gasteiger partial charge in [-0.05, 0) is 11.8 Å². The molecule has 5 heteroatoms. The first-order valence-electron chi connectivity index (χ1n) is 5.42. The van der Waals surface area contributed by atoms with Crippen molar-refractivity contribution in [3.8, 4) is 0 Å². The van der Waals surface area contributed by atoms with Crippen molar-refractivity contribution in [3.63, 3.8) is 0 Å². The molecular formula is C11H25ClN2O2. The summed E-state index contributed by atoms with van der Waals surface area (Å²) in [5, 5.41) is 12.3. The molecule has 98 valence electrons. The average Bonchev–Trinajstić information content (AvgIpc) is 2.10. The minimum absolute atomic E-state index is 0. The SMILES string of the molecule is CC(CN)C(=O)NCC(O)CC(C)(C)C.Cl. The Morgan fingerprint density at radius 3 is 2.31 bits per heavy atom. The molecule has 4 nitrogen and oxygen atoms in total. The van der Waals surface area contributed by atoms with Crippen LogP contribution in [0.15, 0.2) is 0 Å². The molecule has 0 saturated carbocycles. The lowest BCUT2D eigenvalue weighted by molar-refractivity contribution is -0.124. The Bertz CT molecular complexity index is 205. The van der Waals surface area contributed by atoms with Gasteiger partial charge in [0.15, 0.2) is 0 Å². The Morgan fingerprint density at radius 1 is 1.44 bits per heavy atom. The van der Waals surface area contributed by atoms with Crippen molar-refractivity contribution in [1.82, 2.24) is 5.32 Å². The normalized spacial score (nSPS) is 14.9. The zero-order valence-electron chi connectivity index (χ0n) is 10.6. The van der Waals surface area contributed by atoms with Crippen LogP contribution in [0.5, 0.6) is 0 Å². The van der Waals surface area contributed by atoms with Crippen molar-refractivity contribution in [1.29, 1.82) is 0 Å². The van der Waals surface area contributed by atoms with Crippen molar-refractivity contribution in [3.05, 3.63) is 0 Å². The number of carbonyl (C=O) groups is 1. The first-order chi connectivity index (χ1) is 6.76. The molecule has 0 aromatic heterocycles. The van der Waals surface area contributed by atoms with Gasteiger partial charge in [0, 0.05) is 19.0 Å². The molecule has 1 amide bonds. The Morgan fingerprint density at radius 2 is 1.94 bits per heavy atom. The third-order valence-electron chi connectivity index (χ3n) is 2.16. The maximum Gasteiger partial charge on any atom is 0.224 e. The van der Waals surface area contributed by atoms with Gasteiger partial charge in [0.05, 0.1) is 6.10 Å². The van der Waals surface area contributed by atoms with Gasteiger partial charge in [-0.15, -0.1) is 12.4 Å². The molecule has 0 aromatic carbocycles. The van der Waals surface area contributed by atoms with Crippen LogP contribution in [0.4, 0.5) is 0 Å². The van der Waals surface area contributed by atoms with Gasteiger partial charge in [0.1, 0.15) is 0 Å². The van der Waals surface area contributed by atoms with Crippen molar-refractivity contribution in [2.75, 3.05) is 13.1 Å².